The van der Waals surface area contributed by atoms with Gasteiger partial charge in [-0.25, -0.2) is 33.1 Å². The summed E-state index contributed by atoms with van der Waals surface area (Å²) in [5.74, 6) is -2.04. The number of nitriles is 1. The summed E-state index contributed by atoms with van der Waals surface area (Å²) in [6, 6.07) is 42.9. The van der Waals surface area contributed by atoms with Crippen molar-refractivity contribution < 1.29 is 41.9 Å². The summed E-state index contributed by atoms with van der Waals surface area (Å²) >= 11 is 13.7. The second-order valence-electron chi connectivity index (χ2n) is 32.4. The van der Waals surface area contributed by atoms with Crippen molar-refractivity contribution in [3.8, 4) is 67.5 Å². The molecule has 10 aliphatic rings. The number of ether oxygens (including phenoxy) is 1. The maximum absolute atomic E-state index is 14.4. The standard InChI is InChI=1S/C20H17F2N3O2.C19H16FN3O.C19H15N5O.C18H15ClN4O.C17H14ClN3OS/c1-27-19-13(21)9-11(10-14(19)22)16-17-15(3-2-6-23-17)25-8-7-24(12-4-5-12)20(26)18(16)25;20-13-5-3-12(4-6-13)16-17-15(2-1-9-21-17)23-11-10-22(14-7-8-14)19(24)18(16)23;20-10-13-4-3-12(11-22-13)16-17-15(2-1-7-21-17)24-9-8-23(14-5-6-14)19(25)18(16)24;19-12-3-1-11(2-4-12)15-16-14(9-20-10-21-16)23-8-7-22(13-5-6-13)18(24)17(15)23;18-11-3-1-10(2-4-11)13-14-17(23-9-19-14)21-8-7-20(12-5-6-12)16(22)15(13)21/h2-3,6,9-10,12H,4-5,7-8H2,1H3;1-6,9,14H,7-8,10-11H2;1-4,7,11,14H,5-6,8-9H2;1-4,9-10,13H,5-8H2;1-4,9,12H,5-8H2. The monoisotopic (exact) mass is 1700 g/mol. The molecular weight excluding hydrogens is 1630 g/mol. The van der Waals surface area contributed by atoms with Gasteiger partial charge in [-0.3, -0.25) is 38.9 Å². The number of pyridine rings is 4. The van der Waals surface area contributed by atoms with Gasteiger partial charge in [0.25, 0.3) is 29.5 Å². The maximum atomic E-state index is 14.4. The van der Waals surface area contributed by atoms with Crippen LogP contribution in [-0.2, 0) is 32.7 Å². The Kier molecular flexibility index (Phi) is 19.5. The number of aromatic nitrogens is 12. The van der Waals surface area contributed by atoms with E-state index in [2.05, 4.69) is 53.2 Å². The van der Waals surface area contributed by atoms with Crippen molar-refractivity contribution in [1.29, 1.82) is 5.26 Å². The molecule has 16 heterocycles. The van der Waals surface area contributed by atoms with Crippen molar-refractivity contribution in [1.82, 2.24) is 82.2 Å². The summed E-state index contributed by atoms with van der Waals surface area (Å²) in [6.07, 6.45) is 21.0. The molecule has 616 valence electrons. The first kappa shape index (κ1) is 77.2. The molecule has 5 saturated carbocycles. The van der Waals surface area contributed by atoms with E-state index < -0.39 is 17.4 Å². The van der Waals surface area contributed by atoms with Gasteiger partial charge in [0.15, 0.2) is 17.4 Å². The van der Waals surface area contributed by atoms with Crippen LogP contribution >= 0.6 is 34.5 Å². The average molecular weight is 1700 g/mol. The van der Waals surface area contributed by atoms with E-state index in [9.17, 15) is 37.1 Å². The molecule has 0 atom stereocenters. The number of carbonyl (C=O) groups is 5. The number of halogens is 5. The van der Waals surface area contributed by atoms with Crippen LogP contribution in [0.5, 0.6) is 5.75 Å². The lowest BCUT2D eigenvalue weighted by Crippen LogP contribution is -2.41. The van der Waals surface area contributed by atoms with Crippen molar-refractivity contribution in [3.63, 3.8) is 0 Å². The van der Waals surface area contributed by atoms with Crippen LogP contribution in [0.1, 0.15) is 122 Å². The highest BCUT2D eigenvalue weighted by Crippen LogP contribution is 2.47. The average Bonchev–Trinajstić information content (AvgIpc) is 1.59. The second-order valence-corrected chi connectivity index (χ2v) is 34.1. The number of fused-ring (bicyclic) bond motifs is 15. The minimum absolute atomic E-state index is 0.0704. The number of amides is 5. The number of carbonyl (C=O) groups excluding carboxylic acids is 5. The number of hydrogen-bond donors (Lipinski definition) is 0. The molecule has 123 heavy (non-hydrogen) atoms. The van der Waals surface area contributed by atoms with E-state index in [4.69, 9.17) is 33.2 Å². The van der Waals surface area contributed by atoms with Crippen LogP contribution in [0.2, 0.25) is 10.0 Å². The van der Waals surface area contributed by atoms with Gasteiger partial charge in [-0.2, -0.15) is 5.26 Å². The van der Waals surface area contributed by atoms with Crippen molar-refractivity contribution >= 4 is 119 Å². The number of benzene rings is 4. The molecule has 0 spiro atoms. The summed E-state index contributed by atoms with van der Waals surface area (Å²) in [5, 5.41) is 10.4. The Morgan fingerprint density at radius 2 is 0.740 bits per heavy atom. The van der Waals surface area contributed by atoms with Gasteiger partial charge in [0.1, 0.15) is 68.2 Å². The molecule has 11 aromatic heterocycles. The Labute approximate surface area is 715 Å². The van der Waals surface area contributed by atoms with Gasteiger partial charge in [-0.05, 0) is 184 Å². The smallest absolute Gasteiger partial charge is 0.271 e. The number of nitrogens with zero attached hydrogens (tertiary/aromatic N) is 18. The molecule has 30 heteroatoms. The Morgan fingerprint density at radius 3 is 1.12 bits per heavy atom. The Balaban J connectivity index is 0.0000000945. The predicted octanol–water partition coefficient (Wildman–Crippen LogP) is 17.1. The van der Waals surface area contributed by atoms with Crippen LogP contribution in [0.25, 0.3) is 110 Å². The lowest BCUT2D eigenvalue weighted by Gasteiger charge is -2.29. The van der Waals surface area contributed by atoms with Gasteiger partial charge in [0, 0.05) is 164 Å². The molecule has 25 rings (SSSR count). The van der Waals surface area contributed by atoms with Crippen molar-refractivity contribution in [2.45, 2.75) is 127 Å². The number of methoxy groups -OCH3 is 1. The molecule has 5 aliphatic carbocycles. The van der Waals surface area contributed by atoms with Gasteiger partial charge in [0.2, 0.25) is 0 Å². The lowest BCUT2D eigenvalue weighted by molar-refractivity contribution is 0.0686. The third kappa shape index (κ3) is 13.7. The first-order valence-electron chi connectivity index (χ1n) is 41.5. The molecule has 5 amide bonds. The molecule has 4 aromatic carbocycles. The highest BCUT2D eigenvalue weighted by Gasteiger charge is 2.45. The lowest BCUT2D eigenvalue weighted by atomic mass is 10.0. The molecule has 24 nitrogen and oxygen atoms in total. The van der Waals surface area contributed by atoms with Gasteiger partial charge >= 0.3 is 0 Å². The van der Waals surface area contributed by atoms with Crippen molar-refractivity contribution in [3.05, 3.63) is 238 Å². The largest absolute Gasteiger partial charge is 0.491 e. The van der Waals surface area contributed by atoms with Crippen LogP contribution in [-0.4, -0.2) is 182 Å². The predicted molar refractivity (Wildman–Crippen MR) is 461 cm³/mol. The molecule has 0 N–H and O–H groups in total. The summed E-state index contributed by atoms with van der Waals surface area (Å²) in [5.41, 5.74) is 21.0. The zero-order valence-corrected chi connectivity index (χ0v) is 68.9. The Hall–Kier alpha value is -13.1. The quantitative estimate of drug-likeness (QED) is 0.117. The SMILES string of the molecule is COc1c(F)cc(-c2c3n(c4cccnc24)CCN(C2CC2)C3=O)cc1F.N#Cc1ccc(-c2c3n(c4cccnc24)CCN(C2CC2)C3=O)cn1.O=C1c2c(-c3ccc(Cl)cc3)c3ncncc3n2CCN1C1CC1.O=C1c2c(-c3ccc(Cl)cc3)c3ncsc3n2CCN1C1CC1.O=C1c2c(-c3ccc(F)cc3)c3ncccc3n2CCN1C1CC1. The van der Waals surface area contributed by atoms with Crippen LogP contribution < -0.4 is 4.74 Å². The van der Waals surface area contributed by atoms with Crippen LogP contribution in [0.15, 0.2) is 176 Å². The summed E-state index contributed by atoms with van der Waals surface area (Å²) in [4.78, 5) is 108. The van der Waals surface area contributed by atoms with Crippen LogP contribution in [0.4, 0.5) is 13.2 Å². The fourth-order valence-corrected chi connectivity index (χ4v) is 19.5. The number of rotatable bonds is 11. The fourth-order valence-electron chi connectivity index (χ4n) is 18.4. The normalized spacial score (nSPS) is 17.2. The summed E-state index contributed by atoms with van der Waals surface area (Å²) in [6.45, 7) is 7.54. The third-order valence-electron chi connectivity index (χ3n) is 24.9. The first-order chi connectivity index (χ1) is 60.1. The molecule has 0 bridgehead atoms. The topological polar surface area (TPSA) is 249 Å². The van der Waals surface area contributed by atoms with E-state index in [1.165, 1.54) is 37.7 Å². The number of thiazole rings is 1. The van der Waals surface area contributed by atoms with Gasteiger partial charge in [-0.15, -0.1) is 11.3 Å². The van der Waals surface area contributed by atoms with E-state index in [1.807, 2.05) is 126 Å². The van der Waals surface area contributed by atoms with Crippen LogP contribution in [0, 0.1) is 28.8 Å². The minimum Gasteiger partial charge on any atom is -0.491 e. The van der Waals surface area contributed by atoms with E-state index in [-0.39, 0.29) is 47.0 Å². The highest BCUT2D eigenvalue weighted by molar-refractivity contribution is 7.16. The number of hydrogen-bond acceptors (Lipinski definition) is 15. The molecule has 5 aliphatic heterocycles. The molecule has 5 fully saturated rings. The van der Waals surface area contributed by atoms with Gasteiger partial charge < -0.3 is 52.1 Å². The zero-order chi connectivity index (χ0) is 83.7. The Morgan fingerprint density at radius 1 is 0.390 bits per heavy atom. The maximum Gasteiger partial charge on any atom is 0.271 e. The summed E-state index contributed by atoms with van der Waals surface area (Å²) < 4.78 is 57.1. The van der Waals surface area contributed by atoms with Gasteiger partial charge in [0.05, 0.1) is 57.4 Å². The van der Waals surface area contributed by atoms with E-state index in [0.717, 1.165) is 221 Å². The van der Waals surface area contributed by atoms with E-state index >= 15 is 0 Å². The molecule has 0 radical (unpaired) electrons. The van der Waals surface area contributed by atoms with E-state index in [1.54, 1.807) is 66.6 Å². The summed E-state index contributed by atoms with van der Waals surface area (Å²) in [7, 11) is 1.22. The van der Waals surface area contributed by atoms with Crippen molar-refractivity contribution in [2.75, 3.05) is 39.8 Å². The molecule has 0 unspecified atom stereocenters. The van der Waals surface area contributed by atoms with E-state index in [0.29, 0.717) is 81.2 Å². The second kappa shape index (κ2) is 31.1. The fraction of sp³-hybridized carbons (Fsp3) is 0.280. The zero-order valence-electron chi connectivity index (χ0n) is 66.6. The van der Waals surface area contributed by atoms with Gasteiger partial charge in [-0.1, -0.05) is 59.6 Å². The minimum atomic E-state index is -0.807. The van der Waals surface area contributed by atoms with Crippen molar-refractivity contribution in [2.24, 2.45) is 0 Å². The Bertz CT molecular complexity index is 6690. The molecule has 0 saturated heterocycles. The molecular formula is C93H77Cl2F3N18O6S. The molecule has 15 aromatic rings. The first-order valence-corrected chi connectivity index (χ1v) is 43.1. The third-order valence-corrected chi connectivity index (χ3v) is 26.2. The van der Waals surface area contributed by atoms with Crippen LogP contribution in [0.3, 0.4) is 0 Å². The highest BCUT2D eigenvalue weighted by atomic mass is 35.5.